The molecule has 5 heteroatoms. The van der Waals surface area contributed by atoms with Crippen molar-refractivity contribution in [1.29, 1.82) is 0 Å². The molecule has 1 aliphatic carbocycles. The molecule has 2 fully saturated rings. The molecule has 0 spiro atoms. The largest absolute Gasteiger partial charge is 0.369 e. The van der Waals surface area contributed by atoms with Crippen molar-refractivity contribution in [1.82, 2.24) is 4.90 Å². The quantitative estimate of drug-likeness (QED) is 0.615. The van der Waals surface area contributed by atoms with Gasteiger partial charge >= 0.3 is 0 Å². The van der Waals surface area contributed by atoms with E-state index in [4.69, 9.17) is 0 Å². The number of rotatable bonds is 4. The lowest BCUT2D eigenvalue weighted by atomic mass is 10.2. The van der Waals surface area contributed by atoms with Crippen LogP contribution in [0.15, 0.2) is 24.3 Å². The highest BCUT2D eigenvalue weighted by Gasteiger charge is 2.26. The molecular weight excluding hydrogens is 242 g/mol. The van der Waals surface area contributed by atoms with Gasteiger partial charge in [-0.25, -0.2) is 0 Å². The smallest absolute Gasteiger partial charge is 0.269 e. The molecule has 1 saturated carbocycles. The third kappa shape index (κ3) is 3.04. The fourth-order valence-electron chi connectivity index (χ4n) is 2.64. The summed E-state index contributed by atoms with van der Waals surface area (Å²) in [4.78, 5) is 15.1. The summed E-state index contributed by atoms with van der Waals surface area (Å²) in [6, 6.07) is 6.89. The molecule has 0 unspecified atom stereocenters. The van der Waals surface area contributed by atoms with Crippen LogP contribution in [0.4, 0.5) is 11.4 Å². The molecule has 0 N–H and O–H groups in total. The van der Waals surface area contributed by atoms with E-state index in [-0.39, 0.29) is 10.6 Å². The Kier molecular flexibility index (Phi) is 3.38. The van der Waals surface area contributed by atoms with Crippen molar-refractivity contribution in [3.05, 3.63) is 34.4 Å². The van der Waals surface area contributed by atoms with Crippen LogP contribution in [0.5, 0.6) is 0 Å². The average molecular weight is 261 g/mol. The molecule has 1 aliphatic heterocycles. The van der Waals surface area contributed by atoms with Crippen LogP contribution in [0.2, 0.25) is 0 Å². The highest BCUT2D eigenvalue weighted by molar-refractivity contribution is 5.51. The molecular formula is C14H19N3O2. The summed E-state index contributed by atoms with van der Waals surface area (Å²) in [5.41, 5.74) is 1.26. The molecule has 102 valence electrons. The lowest BCUT2D eigenvalue weighted by Crippen LogP contribution is -2.47. The zero-order valence-electron chi connectivity index (χ0n) is 11.0. The molecule has 2 aliphatic rings. The number of nitrogens with zero attached hydrogens (tertiary/aromatic N) is 3. The van der Waals surface area contributed by atoms with Crippen molar-refractivity contribution in [2.45, 2.75) is 12.8 Å². The van der Waals surface area contributed by atoms with Gasteiger partial charge in [0.05, 0.1) is 4.92 Å². The van der Waals surface area contributed by atoms with Crippen molar-refractivity contribution in [3.8, 4) is 0 Å². The van der Waals surface area contributed by atoms with E-state index in [2.05, 4.69) is 9.80 Å². The van der Waals surface area contributed by atoms with Gasteiger partial charge in [0.15, 0.2) is 0 Å². The highest BCUT2D eigenvalue weighted by atomic mass is 16.6. The van der Waals surface area contributed by atoms with Crippen molar-refractivity contribution >= 4 is 11.4 Å². The number of benzene rings is 1. The number of piperazine rings is 1. The average Bonchev–Trinajstić information content (AvgIpc) is 3.24. The lowest BCUT2D eigenvalue weighted by Gasteiger charge is -2.36. The second-order valence-corrected chi connectivity index (χ2v) is 5.50. The Morgan fingerprint density at radius 2 is 1.74 bits per heavy atom. The molecule has 1 aromatic carbocycles. The predicted molar refractivity (Wildman–Crippen MR) is 74.5 cm³/mol. The normalized spacial score (nSPS) is 20.5. The van der Waals surface area contributed by atoms with Crippen molar-refractivity contribution in [2.24, 2.45) is 5.92 Å². The predicted octanol–water partition coefficient (Wildman–Crippen LogP) is 2.13. The van der Waals surface area contributed by atoms with Crippen molar-refractivity contribution < 1.29 is 4.92 Å². The number of nitro groups is 1. The number of anilines is 1. The summed E-state index contributed by atoms with van der Waals surface area (Å²) >= 11 is 0. The van der Waals surface area contributed by atoms with Gasteiger partial charge in [0, 0.05) is 50.5 Å². The Labute approximate surface area is 113 Å². The van der Waals surface area contributed by atoms with E-state index in [0.717, 1.165) is 37.8 Å². The standard InChI is InChI=1S/C14H19N3O2/c18-17(19)14-5-3-13(4-6-14)16-9-7-15(8-10-16)11-12-1-2-12/h3-6,12H,1-2,7-11H2. The number of hydrogen-bond donors (Lipinski definition) is 0. The van der Waals surface area contributed by atoms with Gasteiger partial charge in [0.25, 0.3) is 5.69 Å². The Hall–Kier alpha value is -1.62. The van der Waals surface area contributed by atoms with Gasteiger partial charge in [0.1, 0.15) is 0 Å². The van der Waals surface area contributed by atoms with Gasteiger partial charge in [-0.3, -0.25) is 15.0 Å². The zero-order chi connectivity index (χ0) is 13.2. The van der Waals surface area contributed by atoms with Crippen LogP contribution < -0.4 is 4.90 Å². The van der Waals surface area contributed by atoms with E-state index >= 15 is 0 Å². The third-order valence-corrected chi connectivity index (χ3v) is 4.01. The monoisotopic (exact) mass is 261 g/mol. The second kappa shape index (κ2) is 5.17. The summed E-state index contributed by atoms with van der Waals surface area (Å²) in [6.45, 7) is 5.50. The SMILES string of the molecule is O=[N+]([O-])c1ccc(N2CCN(CC3CC3)CC2)cc1. The molecule has 5 nitrogen and oxygen atoms in total. The van der Waals surface area contributed by atoms with E-state index in [0.29, 0.717) is 0 Å². The first-order chi connectivity index (χ1) is 9.22. The van der Waals surface area contributed by atoms with Crippen molar-refractivity contribution in [2.75, 3.05) is 37.6 Å². The first-order valence-corrected chi connectivity index (χ1v) is 6.94. The van der Waals surface area contributed by atoms with E-state index < -0.39 is 0 Å². The second-order valence-electron chi connectivity index (χ2n) is 5.50. The zero-order valence-corrected chi connectivity index (χ0v) is 11.0. The molecule has 3 rings (SSSR count). The summed E-state index contributed by atoms with van der Waals surface area (Å²) in [5, 5.41) is 10.6. The Morgan fingerprint density at radius 1 is 1.11 bits per heavy atom. The fourth-order valence-corrected chi connectivity index (χ4v) is 2.64. The van der Waals surface area contributed by atoms with Gasteiger partial charge in [0.2, 0.25) is 0 Å². The molecule has 0 radical (unpaired) electrons. The molecule has 0 atom stereocenters. The third-order valence-electron chi connectivity index (χ3n) is 4.01. The maximum atomic E-state index is 10.6. The number of nitro benzene ring substituents is 1. The molecule has 19 heavy (non-hydrogen) atoms. The summed E-state index contributed by atoms with van der Waals surface area (Å²) < 4.78 is 0. The van der Waals surface area contributed by atoms with E-state index in [1.54, 1.807) is 12.1 Å². The molecule has 0 amide bonds. The van der Waals surface area contributed by atoms with Gasteiger partial charge in [-0.15, -0.1) is 0 Å². The van der Waals surface area contributed by atoms with Crippen molar-refractivity contribution in [3.63, 3.8) is 0 Å². The molecule has 0 bridgehead atoms. The number of hydrogen-bond acceptors (Lipinski definition) is 4. The van der Waals surface area contributed by atoms with Crippen LogP contribution in [-0.4, -0.2) is 42.5 Å². The summed E-state index contributed by atoms with van der Waals surface area (Å²) in [5.74, 6) is 0.950. The molecule has 1 heterocycles. The molecule has 1 saturated heterocycles. The summed E-state index contributed by atoms with van der Waals surface area (Å²) in [6.07, 6.45) is 2.81. The van der Waals surface area contributed by atoms with Crippen LogP contribution in [0.3, 0.4) is 0 Å². The minimum atomic E-state index is -0.350. The van der Waals surface area contributed by atoms with Gasteiger partial charge in [-0.05, 0) is 30.9 Å². The minimum Gasteiger partial charge on any atom is -0.369 e. The van der Waals surface area contributed by atoms with E-state index in [1.165, 1.54) is 19.4 Å². The van der Waals surface area contributed by atoms with Gasteiger partial charge in [-0.2, -0.15) is 0 Å². The van der Waals surface area contributed by atoms with Gasteiger partial charge in [-0.1, -0.05) is 0 Å². The Bertz CT molecular complexity index is 448. The Morgan fingerprint density at radius 3 is 2.26 bits per heavy atom. The first kappa shape index (κ1) is 12.4. The van der Waals surface area contributed by atoms with Crippen LogP contribution in [0.1, 0.15) is 12.8 Å². The number of non-ortho nitro benzene ring substituents is 1. The lowest BCUT2D eigenvalue weighted by molar-refractivity contribution is -0.384. The van der Waals surface area contributed by atoms with E-state index in [9.17, 15) is 10.1 Å². The van der Waals surface area contributed by atoms with Crippen LogP contribution >= 0.6 is 0 Å². The maximum absolute atomic E-state index is 10.6. The molecule has 1 aromatic rings. The van der Waals surface area contributed by atoms with Gasteiger partial charge < -0.3 is 4.90 Å². The van der Waals surface area contributed by atoms with Crippen LogP contribution in [-0.2, 0) is 0 Å². The maximum Gasteiger partial charge on any atom is 0.269 e. The Balaban J connectivity index is 1.56. The highest BCUT2D eigenvalue weighted by Crippen LogP contribution is 2.30. The summed E-state index contributed by atoms with van der Waals surface area (Å²) in [7, 11) is 0. The fraction of sp³-hybridized carbons (Fsp3) is 0.571. The molecule has 0 aromatic heterocycles. The first-order valence-electron chi connectivity index (χ1n) is 6.94. The van der Waals surface area contributed by atoms with Crippen LogP contribution in [0.25, 0.3) is 0 Å². The van der Waals surface area contributed by atoms with E-state index in [1.807, 2.05) is 12.1 Å². The minimum absolute atomic E-state index is 0.163. The van der Waals surface area contributed by atoms with Crippen LogP contribution in [0, 0.1) is 16.0 Å². The topological polar surface area (TPSA) is 49.6 Å².